The van der Waals surface area contributed by atoms with Crippen molar-refractivity contribution in [3.63, 3.8) is 0 Å². The maximum absolute atomic E-state index is 13.6. The zero-order valence-corrected chi connectivity index (χ0v) is 8.97. The van der Waals surface area contributed by atoms with E-state index in [1.165, 1.54) is 6.07 Å². The number of pyridine rings is 2. The molecule has 0 saturated heterocycles. The van der Waals surface area contributed by atoms with E-state index in [1.54, 1.807) is 36.8 Å². The predicted molar refractivity (Wildman–Crippen MR) is 64.9 cm³/mol. The lowest BCUT2D eigenvalue weighted by atomic mass is 10.1. The van der Waals surface area contributed by atoms with Gasteiger partial charge in [-0.1, -0.05) is 12.1 Å². The van der Waals surface area contributed by atoms with Gasteiger partial charge in [-0.15, -0.1) is 0 Å². The fraction of sp³-hybridized carbons (Fsp3) is 0. The molecule has 82 valence electrons. The van der Waals surface area contributed by atoms with Crippen molar-refractivity contribution in [2.75, 3.05) is 0 Å². The van der Waals surface area contributed by atoms with Gasteiger partial charge in [-0.05, 0) is 24.3 Å². The minimum absolute atomic E-state index is 0.249. The van der Waals surface area contributed by atoms with E-state index in [0.29, 0.717) is 10.9 Å². The topological polar surface area (TPSA) is 25.8 Å². The van der Waals surface area contributed by atoms with Crippen LogP contribution in [0.15, 0.2) is 55.0 Å². The molecule has 17 heavy (non-hydrogen) atoms. The molecule has 2 nitrogen and oxygen atoms in total. The Morgan fingerprint density at radius 3 is 2.71 bits per heavy atom. The summed E-state index contributed by atoms with van der Waals surface area (Å²) in [7, 11) is 0. The molecule has 2 aromatic heterocycles. The van der Waals surface area contributed by atoms with Crippen LogP contribution in [-0.4, -0.2) is 9.97 Å². The van der Waals surface area contributed by atoms with Crippen LogP contribution < -0.4 is 0 Å². The number of aromatic nitrogens is 2. The highest BCUT2D eigenvalue weighted by atomic mass is 19.1. The van der Waals surface area contributed by atoms with Crippen LogP contribution in [0.25, 0.3) is 22.0 Å². The van der Waals surface area contributed by atoms with E-state index in [1.807, 2.05) is 12.1 Å². The van der Waals surface area contributed by atoms with Crippen LogP contribution in [0, 0.1) is 5.82 Å². The highest BCUT2D eigenvalue weighted by molar-refractivity contribution is 5.83. The second kappa shape index (κ2) is 3.94. The van der Waals surface area contributed by atoms with E-state index < -0.39 is 0 Å². The van der Waals surface area contributed by atoms with Crippen molar-refractivity contribution in [2.45, 2.75) is 0 Å². The summed E-state index contributed by atoms with van der Waals surface area (Å²) in [4.78, 5) is 8.29. The van der Waals surface area contributed by atoms with Gasteiger partial charge >= 0.3 is 0 Å². The molecule has 3 aromatic rings. The number of fused-ring (bicyclic) bond motifs is 1. The lowest BCUT2D eigenvalue weighted by molar-refractivity contribution is 0.639. The number of halogens is 1. The van der Waals surface area contributed by atoms with Crippen molar-refractivity contribution in [3.8, 4) is 11.1 Å². The van der Waals surface area contributed by atoms with Gasteiger partial charge in [-0.25, -0.2) is 4.39 Å². The summed E-state index contributed by atoms with van der Waals surface area (Å²) in [5.74, 6) is -0.249. The maximum Gasteiger partial charge on any atom is 0.132 e. The lowest BCUT2D eigenvalue weighted by Gasteiger charge is -2.03. The molecule has 2 heterocycles. The van der Waals surface area contributed by atoms with E-state index in [-0.39, 0.29) is 5.82 Å². The van der Waals surface area contributed by atoms with E-state index >= 15 is 0 Å². The van der Waals surface area contributed by atoms with Crippen molar-refractivity contribution in [2.24, 2.45) is 0 Å². The van der Waals surface area contributed by atoms with Crippen LogP contribution in [0.3, 0.4) is 0 Å². The van der Waals surface area contributed by atoms with Crippen molar-refractivity contribution in [1.82, 2.24) is 9.97 Å². The second-order valence-electron chi connectivity index (χ2n) is 3.77. The Morgan fingerprint density at radius 1 is 0.941 bits per heavy atom. The van der Waals surface area contributed by atoms with Crippen LogP contribution in [0.1, 0.15) is 0 Å². The summed E-state index contributed by atoms with van der Waals surface area (Å²) in [5.41, 5.74) is 2.47. The van der Waals surface area contributed by atoms with Gasteiger partial charge in [0, 0.05) is 35.1 Å². The van der Waals surface area contributed by atoms with Gasteiger partial charge in [-0.2, -0.15) is 0 Å². The lowest BCUT2D eigenvalue weighted by Crippen LogP contribution is -1.86. The molecule has 0 N–H and O–H groups in total. The molecular weight excluding hydrogens is 215 g/mol. The van der Waals surface area contributed by atoms with E-state index in [0.717, 1.165) is 11.1 Å². The molecule has 0 unspecified atom stereocenters. The van der Waals surface area contributed by atoms with Gasteiger partial charge in [0.2, 0.25) is 0 Å². The van der Waals surface area contributed by atoms with E-state index in [4.69, 9.17) is 0 Å². The smallest absolute Gasteiger partial charge is 0.132 e. The molecule has 0 saturated carbocycles. The molecule has 0 bridgehead atoms. The third kappa shape index (κ3) is 1.76. The van der Waals surface area contributed by atoms with Crippen LogP contribution >= 0.6 is 0 Å². The van der Waals surface area contributed by atoms with Crippen LogP contribution in [0.5, 0.6) is 0 Å². The van der Waals surface area contributed by atoms with Gasteiger partial charge in [0.15, 0.2) is 0 Å². The first-order valence-electron chi connectivity index (χ1n) is 5.29. The van der Waals surface area contributed by atoms with Crippen molar-refractivity contribution < 1.29 is 4.39 Å². The molecule has 0 aliphatic heterocycles. The number of hydrogen-bond acceptors (Lipinski definition) is 2. The minimum Gasteiger partial charge on any atom is -0.264 e. The maximum atomic E-state index is 13.6. The van der Waals surface area contributed by atoms with E-state index in [2.05, 4.69) is 9.97 Å². The Balaban J connectivity index is 2.23. The minimum atomic E-state index is -0.249. The molecule has 1 aromatic carbocycles. The van der Waals surface area contributed by atoms with Crippen LogP contribution in [0.4, 0.5) is 4.39 Å². The third-order valence-corrected chi connectivity index (χ3v) is 2.67. The first kappa shape index (κ1) is 9.90. The molecular formula is C14H9FN2. The largest absolute Gasteiger partial charge is 0.264 e. The summed E-state index contributed by atoms with van der Waals surface area (Å²) in [6, 6.07) is 10.5. The fourth-order valence-electron chi connectivity index (χ4n) is 1.80. The summed E-state index contributed by atoms with van der Waals surface area (Å²) in [5, 5.41) is 0.536. The molecule has 0 spiro atoms. The predicted octanol–water partition coefficient (Wildman–Crippen LogP) is 3.44. The SMILES string of the molecule is Fc1cccc2ncc(-c3cccnc3)cc12. The van der Waals surface area contributed by atoms with Gasteiger partial charge in [0.1, 0.15) is 5.82 Å². The average Bonchev–Trinajstić information content (AvgIpc) is 2.40. The average molecular weight is 224 g/mol. The standard InChI is InChI=1S/C14H9FN2/c15-13-4-1-5-14-12(13)7-11(9-17-14)10-3-2-6-16-8-10/h1-9H. The van der Waals surface area contributed by atoms with Crippen molar-refractivity contribution >= 4 is 10.9 Å². The summed E-state index contributed by atoms with van der Waals surface area (Å²) in [6.07, 6.45) is 5.18. The Kier molecular flexibility index (Phi) is 2.29. The number of hydrogen-bond donors (Lipinski definition) is 0. The second-order valence-corrected chi connectivity index (χ2v) is 3.77. The summed E-state index contributed by atoms with van der Waals surface area (Å²) < 4.78 is 13.6. The number of nitrogens with zero attached hydrogens (tertiary/aromatic N) is 2. The molecule has 0 radical (unpaired) electrons. The quantitative estimate of drug-likeness (QED) is 0.632. The van der Waals surface area contributed by atoms with Crippen LogP contribution in [-0.2, 0) is 0 Å². The Labute approximate surface area is 97.8 Å². The fourth-order valence-corrected chi connectivity index (χ4v) is 1.80. The molecule has 0 atom stereocenters. The van der Waals surface area contributed by atoms with Gasteiger partial charge in [-0.3, -0.25) is 9.97 Å². The highest BCUT2D eigenvalue weighted by Gasteiger charge is 2.04. The van der Waals surface area contributed by atoms with Crippen molar-refractivity contribution in [1.29, 1.82) is 0 Å². The summed E-state index contributed by atoms with van der Waals surface area (Å²) >= 11 is 0. The van der Waals surface area contributed by atoms with Gasteiger partial charge in [0.05, 0.1) is 5.52 Å². The summed E-state index contributed by atoms with van der Waals surface area (Å²) in [6.45, 7) is 0. The Hall–Kier alpha value is -2.29. The first-order valence-corrected chi connectivity index (χ1v) is 5.29. The number of rotatable bonds is 1. The molecule has 0 amide bonds. The van der Waals surface area contributed by atoms with Crippen molar-refractivity contribution in [3.05, 3.63) is 60.8 Å². The normalized spacial score (nSPS) is 10.6. The molecule has 0 fully saturated rings. The highest BCUT2D eigenvalue weighted by Crippen LogP contribution is 2.23. The Bertz CT molecular complexity index is 665. The molecule has 3 rings (SSSR count). The Morgan fingerprint density at radius 2 is 1.88 bits per heavy atom. The van der Waals surface area contributed by atoms with E-state index in [9.17, 15) is 4.39 Å². The zero-order chi connectivity index (χ0) is 11.7. The monoisotopic (exact) mass is 224 g/mol. The van der Waals surface area contributed by atoms with Gasteiger partial charge < -0.3 is 0 Å². The molecule has 3 heteroatoms. The number of benzene rings is 1. The molecule has 0 aliphatic rings. The van der Waals surface area contributed by atoms with Gasteiger partial charge in [0.25, 0.3) is 0 Å². The molecule has 0 aliphatic carbocycles. The van der Waals surface area contributed by atoms with Crippen LogP contribution in [0.2, 0.25) is 0 Å². The first-order chi connectivity index (χ1) is 8.34. The third-order valence-electron chi connectivity index (χ3n) is 2.67. The zero-order valence-electron chi connectivity index (χ0n) is 8.97.